The van der Waals surface area contributed by atoms with Gasteiger partial charge in [0.15, 0.2) is 18.1 Å². The molecule has 1 aliphatic rings. The van der Waals surface area contributed by atoms with Crippen LogP contribution in [0.4, 0.5) is 5.69 Å². The van der Waals surface area contributed by atoms with Crippen molar-refractivity contribution < 1.29 is 19.1 Å². The second-order valence-electron chi connectivity index (χ2n) is 6.82. The molecular weight excluding hydrogens is 414 g/mol. The molecule has 0 bridgehead atoms. The molecule has 0 spiro atoms. The van der Waals surface area contributed by atoms with Gasteiger partial charge in [0, 0.05) is 11.4 Å². The van der Waals surface area contributed by atoms with Gasteiger partial charge in [0.05, 0.1) is 24.6 Å². The highest BCUT2D eigenvalue weighted by molar-refractivity contribution is 7.99. The van der Waals surface area contributed by atoms with Crippen LogP contribution in [0.5, 0.6) is 11.5 Å². The molecule has 1 N–H and O–H groups in total. The highest BCUT2D eigenvalue weighted by Crippen LogP contribution is 2.29. The van der Waals surface area contributed by atoms with E-state index in [0.717, 1.165) is 5.56 Å². The van der Waals surface area contributed by atoms with Crippen molar-refractivity contribution >= 4 is 29.3 Å². The molecule has 1 aliphatic heterocycles. The monoisotopic (exact) mass is 437 g/mol. The first-order valence-electron chi connectivity index (χ1n) is 9.64. The highest BCUT2D eigenvalue weighted by atomic mass is 32.2. The van der Waals surface area contributed by atoms with E-state index in [1.54, 1.807) is 43.5 Å². The molecule has 31 heavy (non-hydrogen) atoms. The summed E-state index contributed by atoms with van der Waals surface area (Å²) in [5.74, 6) is 1.39. The van der Waals surface area contributed by atoms with Gasteiger partial charge < -0.3 is 19.7 Å². The molecular formula is C23H23N3O4S. The fourth-order valence-corrected chi connectivity index (χ4v) is 4.29. The Morgan fingerprint density at radius 1 is 1.29 bits per heavy atom. The molecule has 2 aromatic carbocycles. The van der Waals surface area contributed by atoms with Crippen LogP contribution in [0.15, 0.2) is 55.1 Å². The van der Waals surface area contributed by atoms with Crippen LogP contribution in [-0.2, 0) is 16.0 Å². The van der Waals surface area contributed by atoms with Crippen molar-refractivity contribution in [1.82, 2.24) is 4.90 Å². The zero-order valence-corrected chi connectivity index (χ0v) is 18.0. The molecule has 1 unspecified atom stereocenters. The summed E-state index contributed by atoms with van der Waals surface area (Å²) < 4.78 is 11.1. The Hall–Kier alpha value is -3.44. The van der Waals surface area contributed by atoms with Gasteiger partial charge in [0.2, 0.25) is 5.91 Å². The molecule has 1 fully saturated rings. The summed E-state index contributed by atoms with van der Waals surface area (Å²) in [5.41, 5.74) is 2.12. The minimum absolute atomic E-state index is 0.196. The number of nitriles is 1. The van der Waals surface area contributed by atoms with E-state index >= 15 is 0 Å². The number of methoxy groups -OCH3 is 1. The average molecular weight is 438 g/mol. The Balaban J connectivity index is 1.61. The van der Waals surface area contributed by atoms with Crippen molar-refractivity contribution in [2.75, 3.05) is 30.7 Å². The summed E-state index contributed by atoms with van der Waals surface area (Å²) in [6.45, 7) is 3.53. The van der Waals surface area contributed by atoms with E-state index in [9.17, 15) is 9.59 Å². The summed E-state index contributed by atoms with van der Waals surface area (Å²) in [7, 11) is 1.54. The summed E-state index contributed by atoms with van der Waals surface area (Å²) >= 11 is 1.51. The van der Waals surface area contributed by atoms with Crippen LogP contribution in [0, 0.1) is 11.3 Å². The van der Waals surface area contributed by atoms with Gasteiger partial charge in [0.25, 0.3) is 5.91 Å². The van der Waals surface area contributed by atoms with Crippen LogP contribution in [-0.4, -0.2) is 48.1 Å². The maximum Gasteiger partial charge on any atom is 0.261 e. The lowest BCUT2D eigenvalue weighted by Gasteiger charge is -2.23. The molecule has 2 amide bonds. The van der Waals surface area contributed by atoms with Gasteiger partial charge in [-0.05, 0) is 48.4 Å². The predicted molar refractivity (Wildman–Crippen MR) is 120 cm³/mol. The molecule has 7 nitrogen and oxygen atoms in total. The number of thioether (sulfide) groups is 1. The lowest BCUT2D eigenvalue weighted by Crippen LogP contribution is -2.46. The van der Waals surface area contributed by atoms with Crippen molar-refractivity contribution in [3.63, 3.8) is 0 Å². The second-order valence-corrected chi connectivity index (χ2v) is 7.82. The number of rotatable bonds is 8. The number of nitrogens with one attached hydrogen (secondary N) is 1. The average Bonchev–Trinajstić information content (AvgIpc) is 3.29. The van der Waals surface area contributed by atoms with Gasteiger partial charge in [-0.15, -0.1) is 18.3 Å². The molecule has 160 valence electrons. The van der Waals surface area contributed by atoms with E-state index in [2.05, 4.69) is 11.9 Å². The first-order chi connectivity index (χ1) is 15.0. The van der Waals surface area contributed by atoms with Crippen molar-refractivity contribution in [2.45, 2.75) is 12.5 Å². The van der Waals surface area contributed by atoms with E-state index in [1.807, 2.05) is 18.2 Å². The third kappa shape index (κ3) is 5.58. The van der Waals surface area contributed by atoms with Crippen molar-refractivity contribution in [3.8, 4) is 17.6 Å². The van der Waals surface area contributed by atoms with Gasteiger partial charge in [0.1, 0.15) is 6.04 Å². The summed E-state index contributed by atoms with van der Waals surface area (Å²) in [6, 6.07) is 13.5. The number of carbonyl (C=O) groups is 2. The van der Waals surface area contributed by atoms with Crippen LogP contribution in [0.1, 0.15) is 11.1 Å². The second kappa shape index (κ2) is 10.5. The normalized spacial score (nSPS) is 15.1. The number of allylic oxidation sites excluding steroid dienone is 1. The first kappa shape index (κ1) is 22.2. The maximum atomic E-state index is 12.8. The van der Waals surface area contributed by atoms with Gasteiger partial charge in [-0.2, -0.15) is 5.26 Å². The molecule has 1 heterocycles. The van der Waals surface area contributed by atoms with Crippen LogP contribution in [0.25, 0.3) is 0 Å². The number of hydrogen-bond acceptors (Lipinski definition) is 6. The SMILES string of the molecule is C=CCc1ccc(OCC(=O)N2CSCC2C(=O)Nc2ccc(C#N)cc2)c(OC)c1. The smallest absolute Gasteiger partial charge is 0.261 e. The topological polar surface area (TPSA) is 91.7 Å². The Morgan fingerprint density at radius 3 is 2.74 bits per heavy atom. The van der Waals surface area contributed by atoms with Gasteiger partial charge in [-0.25, -0.2) is 0 Å². The van der Waals surface area contributed by atoms with Gasteiger partial charge in [-0.3, -0.25) is 9.59 Å². The van der Waals surface area contributed by atoms with Crippen LogP contribution in [0.2, 0.25) is 0 Å². The van der Waals surface area contributed by atoms with Gasteiger partial charge >= 0.3 is 0 Å². The third-order valence-electron chi connectivity index (χ3n) is 4.75. The zero-order valence-electron chi connectivity index (χ0n) is 17.2. The number of carbonyl (C=O) groups excluding carboxylic acids is 2. The number of ether oxygens (including phenoxy) is 2. The Labute approximate surface area is 185 Å². The van der Waals surface area contributed by atoms with E-state index in [1.165, 1.54) is 16.7 Å². The Kier molecular flexibility index (Phi) is 7.57. The maximum absolute atomic E-state index is 12.8. The molecule has 0 aliphatic carbocycles. The molecule has 2 aromatic rings. The van der Waals surface area contributed by atoms with Crippen LogP contribution < -0.4 is 14.8 Å². The number of nitrogens with zero attached hydrogens (tertiary/aromatic N) is 2. The van der Waals surface area contributed by atoms with Crippen molar-refractivity contribution in [3.05, 3.63) is 66.2 Å². The molecule has 8 heteroatoms. The van der Waals surface area contributed by atoms with E-state index in [0.29, 0.717) is 40.8 Å². The lowest BCUT2D eigenvalue weighted by molar-refractivity contribution is -0.137. The van der Waals surface area contributed by atoms with E-state index in [-0.39, 0.29) is 18.4 Å². The summed E-state index contributed by atoms with van der Waals surface area (Å²) in [4.78, 5) is 27.0. The fraction of sp³-hybridized carbons (Fsp3) is 0.261. The van der Waals surface area contributed by atoms with Crippen molar-refractivity contribution in [1.29, 1.82) is 5.26 Å². The minimum atomic E-state index is -0.589. The molecule has 0 aromatic heterocycles. The number of anilines is 1. The lowest BCUT2D eigenvalue weighted by atomic mass is 10.1. The number of benzene rings is 2. The minimum Gasteiger partial charge on any atom is -0.493 e. The van der Waals surface area contributed by atoms with Crippen LogP contribution >= 0.6 is 11.8 Å². The quantitative estimate of drug-likeness (QED) is 0.638. The zero-order chi connectivity index (χ0) is 22.2. The Morgan fingerprint density at radius 2 is 2.06 bits per heavy atom. The summed E-state index contributed by atoms with van der Waals surface area (Å²) in [6.07, 6.45) is 2.50. The van der Waals surface area contributed by atoms with Gasteiger partial charge in [-0.1, -0.05) is 12.1 Å². The fourth-order valence-electron chi connectivity index (χ4n) is 3.11. The molecule has 0 saturated carbocycles. The van der Waals surface area contributed by atoms with Crippen molar-refractivity contribution in [2.24, 2.45) is 0 Å². The highest BCUT2D eigenvalue weighted by Gasteiger charge is 2.35. The molecule has 0 radical (unpaired) electrons. The molecule has 3 rings (SSSR count). The molecule has 1 saturated heterocycles. The predicted octanol–water partition coefficient (Wildman–Crippen LogP) is 3.21. The Bertz CT molecular complexity index is 1000. The molecule has 1 atom stereocenters. The number of amides is 2. The first-order valence-corrected chi connectivity index (χ1v) is 10.8. The third-order valence-corrected chi connectivity index (χ3v) is 5.76. The standard InChI is InChI=1S/C23H23N3O4S/c1-3-4-16-7-10-20(21(11-16)29-2)30-13-22(27)26-15-31-14-19(26)23(28)25-18-8-5-17(12-24)6-9-18/h3,5-11,19H,1,4,13-15H2,2H3,(H,25,28). The number of hydrogen-bond donors (Lipinski definition) is 1. The van der Waals surface area contributed by atoms with Crippen LogP contribution in [0.3, 0.4) is 0 Å². The van der Waals surface area contributed by atoms with E-state index < -0.39 is 6.04 Å². The summed E-state index contributed by atoms with van der Waals surface area (Å²) in [5, 5.41) is 11.7. The largest absolute Gasteiger partial charge is 0.493 e. The van der Waals surface area contributed by atoms with E-state index in [4.69, 9.17) is 14.7 Å².